The van der Waals surface area contributed by atoms with E-state index in [4.69, 9.17) is 4.74 Å². The van der Waals surface area contributed by atoms with Gasteiger partial charge in [-0.2, -0.15) is 0 Å². The number of esters is 1. The van der Waals surface area contributed by atoms with E-state index in [-0.39, 0.29) is 5.97 Å². The van der Waals surface area contributed by atoms with Crippen molar-refractivity contribution in [1.82, 2.24) is 5.32 Å². The Morgan fingerprint density at radius 1 is 1.69 bits per heavy atom. The van der Waals surface area contributed by atoms with Crippen molar-refractivity contribution in [2.75, 3.05) is 6.61 Å². The van der Waals surface area contributed by atoms with Gasteiger partial charge in [0.1, 0.15) is 6.04 Å². The molecule has 0 bridgehead atoms. The summed E-state index contributed by atoms with van der Waals surface area (Å²) < 4.78 is 4.83. The lowest BCUT2D eigenvalue weighted by Gasteiger charge is -2.19. The van der Waals surface area contributed by atoms with Crippen molar-refractivity contribution in [3.63, 3.8) is 0 Å². The predicted molar refractivity (Wildman–Crippen MR) is 48.3 cm³/mol. The SMILES string of the molecule is CCOC(=O)[C@@H](NC1CC1)[C@@H](C)O. The second-order valence-corrected chi connectivity index (χ2v) is 3.41. The molecule has 1 aliphatic rings. The average Bonchev–Trinajstić information content (AvgIpc) is 2.83. The molecule has 2 atom stereocenters. The first-order valence-corrected chi connectivity index (χ1v) is 4.76. The van der Waals surface area contributed by atoms with Crippen LogP contribution < -0.4 is 5.32 Å². The average molecular weight is 187 g/mol. The van der Waals surface area contributed by atoms with Crippen LogP contribution in [0.2, 0.25) is 0 Å². The van der Waals surface area contributed by atoms with E-state index in [0.29, 0.717) is 12.6 Å². The molecular formula is C9H17NO3. The van der Waals surface area contributed by atoms with E-state index in [2.05, 4.69) is 5.32 Å². The van der Waals surface area contributed by atoms with E-state index in [1.165, 1.54) is 0 Å². The number of ether oxygens (including phenoxy) is 1. The van der Waals surface area contributed by atoms with Gasteiger partial charge in [0.05, 0.1) is 12.7 Å². The third-order valence-electron chi connectivity index (χ3n) is 2.02. The van der Waals surface area contributed by atoms with Crippen LogP contribution in [-0.4, -0.2) is 35.9 Å². The van der Waals surface area contributed by atoms with Crippen molar-refractivity contribution in [3.05, 3.63) is 0 Å². The van der Waals surface area contributed by atoms with Crippen molar-refractivity contribution in [1.29, 1.82) is 0 Å². The van der Waals surface area contributed by atoms with Gasteiger partial charge >= 0.3 is 5.97 Å². The molecule has 0 radical (unpaired) electrons. The second kappa shape index (κ2) is 4.58. The zero-order chi connectivity index (χ0) is 9.84. The number of aliphatic hydroxyl groups is 1. The summed E-state index contributed by atoms with van der Waals surface area (Å²) in [6, 6.07) is -0.170. The van der Waals surface area contributed by atoms with Crippen molar-refractivity contribution < 1.29 is 14.6 Å². The largest absolute Gasteiger partial charge is 0.465 e. The van der Waals surface area contributed by atoms with Crippen molar-refractivity contribution in [2.45, 2.75) is 44.9 Å². The molecule has 2 N–H and O–H groups in total. The summed E-state index contributed by atoms with van der Waals surface area (Å²) in [4.78, 5) is 11.3. The number of carbonyl (C=O) groups is 1. The highest BCUT2D eigenvalue weighted by atomic mass is 16.5. The molecule has 0 amide bonds. The van der Waals surface area contributed by atoms with Crippen LogP contribution in [0, 0.1) is 0 Å². The van der Waals surface area contributed by atoms with Gasteiger partial charge in [0.15, 0.2) is 0 Å². The molecule has 13 heavy (non-hydrogen) atoms. The van der Waals surface area contributed by atoms with E-state index in [1.54, 1.807) is 13.8 Å². The Hall–Kier alpha value is -0.610. The molecule has 4 nitrogen and oxygen atoms in total. The Balaban J connectivity index is 2.39. The highest BCUT2D eigenvalue weighted by Gasteiger charge is 2.31. The summed E-state index contributed by atoms with van der Waals surface area (Å²) in [5.41, 5.74) is 0. The number of carbonyl (C=O) groups excluding carboxylic acids is 1. The van der Waals surface area contributed by atoms with Gasteiger partial charge in [-0.25, -0.2) is 0 Å². The van der Waals surface area contributed by atoms with Crippen molar-refractivity contribution in [3.8, 4) is 0 Å². The van der Waals surface area contributed by atoms with Crippen molar-refractivity contribution in [2.24, 2.45) is 0 Å². The summed E-state index contributed by atoms with van der Waals surface area (Å²) in [7, 11) is 0. The molecule has 76 valence electrons. The molecule has 0 aromatic carbocycles. The fraction of sp³-hybridized carbons (Fsp3) is 0.889. The van der Waals surface area contributed by atoms with E-state index in [9.17, 15) is 9.90 Å². The molecule has 4 heteroatoms. The Morgan fingerprint density at radius 2 is 2.31 bits per heavy atom. The minimum Gasteiger partial charge on any atom is -0.465 e. The molecule has 1 fully saturated rings. The first-order chi connectivity index (χ1) is 6.15. The van der Waals surface area contributed by atoms with Gasteiger partial charge in [0.25, 0.3) is 0 Å². The predicted octanol–water partition coefficient (Wildman–Crippen LogP) is 0.0509. The van der Waals surface area contributed by atoms with Crippen LogP contribution in [0.15, 0.2) is 0 Å². The maximum atomic E-state index is 11.3. The number of hydrogen-bond donors (Lipinski definition) is 2. The Bertz CT molecular complexity index is 178. The Kier molecular flexibility index (Phi) is 3.69. The van der Waals surface area contributed by atoms with Gasteiger partial charge in [-0.15, -0.1) is 0 Å². The topological polar surface area (TPSA) is 58.6 Å². The zero-order valence-electron chi connectivity index (χ0n) is 8.12. The fourth-order valence-corrected chi connectivity index (χ4v) is 1.14. The normalized spacial score (nSPS) is 20.8. The van der Waals surface area contributed by atoms with Gasteiger partial charge in [-0.1, -0.05) is 0 Å². The van der Waals surface area contributed by atoms with Crippen LogP contribution in [0.1, 0.15) is 26.7 Å². The van der Waals surface area contributed by atoms with Gasteiger partial charge in [-0.05, 0) is 26.7 Å². The van der Waals surface area contributed by atoms with Crippen LogP contribution >= 0.6 is 0 Å². The minimum absolute atomic E-state index is 0.356. The number of nitrogens with one attached hydrogen (secondary N) is 1. The number of hydrogen-bond acceptors (Lipinski definition) is 4. The summed E-state index contributed by atoms with van der Waals surface area (Å²) in [6.45, 7) is 3.71. The third-order valence-corrected chi connectivity index (χ3v) is 2.02. The standard InChI is InChI=1S/C9H17NO3/c1-3-13-9(12)8(6(2)11)10-7-4-5-7/h6-8,10-11H,3-5H2,1-2H3/t6-,8+/m1/s1. The lowest BCUT2D eigenvalue weighted by Crippen LogP contribution is -2.46. The van der Waals surface area contributed by atoms with Crippen LogP contribution in [0.25, 0.3) is 0 Å². The summed E-state index contributed by atoms with van der Waals surface area (Å²) in [6.07, 6.45) is 1.48. The molecule has 0 unspecified atom stereocenters. The number of rotatable bonds is 5. The molecule has 0 aromatic rings. The molecule has 0 aliphatic heterocycles. The third kappa shape index (κ3) is 3.32. The molecule has 0 spiro atoms. The lowest BCUT2D eigenvalue weighted by molar-refractivity contribution is -0.148. The van der Waals surface area contributed by atoms with Crippen LogP contribution in [-0.2, 0) is 9.53 Å². The molecular weight excluding hydrogens is 170 g/mol. The zero-order valence-corrected chi connectivity index (χ0v) is 8.12. The molecule has 0 saturated heterocycles. The summed E-state index contributed by atoms with van der Waals surface area (Å²) >= 11 is 0. The van der Waals surface area contributed by atoms with Gasteiger partial charge < -0.3 is 9.84 Å². The maximum absolute atomic E-state index is 11.3. The Labute approximate surface area is 78.3 Å². The van der Waals surface area contributed by atoms with Gasteiger partial charge in [0, 0.05) is 6.04 Å². The first-order valence-electron chi connectivity index (χ1n) is 4.76. The Morgan fingerprint density at radius 3 is 2.69 bits per heavy atom. The molecule has 1 aliphatic carbocycles. The summed E-state index contributed by atoms with van der Waals surface area (Å²) in [5.74, 6) is -0.357. The maximum Gasteiger partial charge on any atom is 0.325 e. The van der Waals surface area contributed by atoms with Crippen molar-refractivity contribution >= 4 is 5.97 Å². The second-order valence-electron chi connectivity index (χ2n) is 3.41. The monoisotopic (exact) mass is 187 g/mol. The smallest absolute Gasteiger partial charge is 0.325 e. The molecule has 0 heterocycles. The number of aliphatic hydroxyl groups excluding tert-OH is 1. The fourth-order valence-electron chi connectivity index (χ4n) is 1.14. The van der Waals surface area contributed by atoms with E-state index < -0.39 is 12.1 Å². The molecule has 0 aromatic heterocycles. The highest BCUT2D eigenvalue weighted by molar-refractivity contribution is 5.76. The highest BCUT2D eigenvalue weighted by Crippen LogP contribution is 2.20. The van der Waals surface area contributed by atoms with E-state index in [1.807, 2.05) is 0 Å². The van der Waals surface area contributed by atoms with Gasteiger partial charge in [0.2, 0.25) is 0 Å². The van der Waals surface area contributed by atoms with E-state index >= 15 is 0 Å². The quantitative estimate of drug-likeness (QED) is 0.597. The molecule has 1 saturated carbocycles. The van der Waals surface area contributed by atoms with E-state index in [0.717, 1.165) is 12.8 Å². The summed E-state index contributed by atoms with van der Waals surface area (Å²) in [5, 5.41) is 12.4. The lowest BCUT2D eigenvalue weighted by atomic mass is 10.2. The van der Waals surface area contributed by atoms with Crippen LogP contribution in [0.5, 0.6) is 0 Å². The minimum atomic E-state index is -0.695. The van der Waals surface area contributed by atoms with Gasteiger partial charge in [-0.3, -0.25) is 10.1 Å². The molecule has 1 rings (SSSR count). The first kappa shape index (κ1) is 10.5. The van der Waals surface area contributed by atoms with Crippen LogP contribution in [0.3, 0.4) is 0 Å². The van der Waals surface area contributed by atoms with Crippen LogP contribution in [0.4, 0.5) is 0 Å².